The molecule has 1 aliphatic carbocycles. The lowest BCUT2D eigenvalue weighted by atomic mass is 9.96. The third-order valence-corrected chi connectivity index (χ3v) is 6.01. The SMILES string of the molecule is c1cnnc(N2CCC(c3nnc(CN4CCCC4)n3C3CC3)CC2)c1. The molecule has 0 amide bonds. The van der Waals surface area contributed by atoms with Crippen LogP contribution in [0, 0.1) is 0 Å². The highest BCUT2D eigenvalue weighted by Gasteiger charge is 2.34. The van der Waals surface area contributed by atoms with Crippen LogP contribution >= 0.6 is 0 Å². The third-order valence-electron chi connectivity index (χ3n) is 6.01. The van der Waals surface area contributed by atoms with Crippen molar-refractivity contribution in [2.75, 3.05) is 31.1 Å². The summed E-state index contributed by atoms with van der Waals surface area (Å²) in [7, 11) is 0. The molecule has 5 rings (SSSR count). The zero-order valence-electron chi connectivity index (χ0n) is 15.3. The molecule has 4 heterocycles. The first-order valence-corrected chi connectivity index (χ1v) is 10.1. The summed E-state index contributed by atoms with van der Waals surface area (Å²) < 4.78 is 2.50. The lowest BCUT2D eigenvalue weighted by Gasteiger charge is -2.32. The Morgan fingerprint density at radius 2 is 1.73 bits per heavy atom. The fraction of sp³-hybridized carbons (Fsp3) is 0.684. The number of hydrogen-bond donors (Lipinski definition) is 0. The van der Waals surface area contributed by atoms with Crippen molar-refractivity contribution in [1.29, 1.82) is 0 Å². The Hall–Kier alpha value is -2.02. The van der Waals surface area contributed by atoms with Gasteiger partial charge in [0.05, 0.1) is 6.54 Å². The molecule has 1 saturated carbocycles. The minimum absolute atomic E-state index is 0.517. The Morgan fingerprint density at radius 3 is 2.42 bits per heavy atom. The van der Waals surface area contributed by atoms with Crippen molar-refractivity contribution in [3.63, 3.8) is 0 Å². The van der Waals surface area contributed by atoms with Gasteiger partial charge >= 0.3 is 0 Å². The fourth-order valence-corrected chi connectivity index (χ4v) is 4.42. The van der Waals surface area contributed by atoms with Gasteiger partial charge in [-0.1, -0.05) is 0 Å². The van der Waals surface area contributed by atoms with E-state index < -0.39 is 0 Å². The van der Waals surface area contributed by atoms with Crippen molar-refractivity contribution in [1.82, 2.24) is 29.9 Å². The van der Waals surface area contributed by atoms with E-state index in [2.05, 4.69) is 34.8 Å². The number of likely N-dealkylation sites (tertiary alicyclic amines) is 1. The lowest BCUT2D eigenvalue weighted by molar-refractivity contribution is 0.314. The van der Waals surface area contributed by atoms with Gasteiger partial charge in [-0.3, -0.25) is 4.90 Å². The van der Waals surface area contributed by atoms with Gasteiger partial charge in [0.1, 0.15) is 11.6 Å². The van der Waals surface area contributed by atoms with Crippen molar-refractivity contribution >= 4 is 5.82 Å². The summed E-state index contributed by atoms with van der Waals surface area (Å²) in [6, 6.07) is 4.66. The van der Waals surface area contributed by atoms with Gasteiger partial charge in [-0.25, -0.2) is 0 Å². The average molecular weight is 353 g/mol. The van der Waals surface area contributed by atoms with E-state index in [0.717, 1.165) is 38.3 Å². The number of nitrogens with zero attached hydrogens (tertiary/aromatic N) is 7. The molecule has 0 bridgehead atoms. The van der Waals surface area contributed by atoms with Crippen molar-refractivity contribution in [3.05, 3.63) is 30.0 Å². The molecule has 2 aromatic rings. The van der Waals surface area contributed by atoms with Crippen LogP contribution in [-0.4, -0.2) is 56.0 Å². The zero-order valence-corrected chi connectivity index (χ0v) is 15.3. The Bertz CT molecular complexity index is 726. The van der Waals surface area contributed by atoms with E-state index in [9.17, 15) is 0 Å². The molecule has 0 spiro atoms. The summed E-state index contributed by atoms with van der Waals surface area (Å²) in [6.07, 6.45) is 9.19. The second-order valence-electron chi connectivity index (χ2n) is 7.90. The summed E-state index contributed by atoms with van der Waals surface area (Å²) in [5.41, 5.74) is 0. The second kappa shape index (κ2) is 6.95. The molecule has 0 radical (unpaired) electrons. The standard InChI is InChI=1S/C19H27N7/c1-2-11-24(10-1)14-18-22-23-19(26(18)16-5-6-16)15-7-12-25(13-8-15)17-4-3-9-20-21-17/h3-4,9,15-16H,1-2,5-8,10-14H2. The lowest BCUT2D eigenvalue weighted by Crippen LogP contribution is -2.34. The molecule has 0 aromatic carbocycles. The maximum absolute atomic E-state index is 4.68. The van der Waals surface area contributed by atoms with E-state index >= 15 is 0 Å². The summed E-state index contributed by atoms with van der Waals surface area (Å²) in [5, 5.41) is 17.6. The first-order chi connectivity index (χ1) is 12.9. The zero-order chi connectivity index (χ0) is 17.3. The van der Waals surface area contributed by atoms with Gasteiger partial charge in [0.2, 0.25) is 0 Å². The summed E-state index contributed by atoms with van der Waals surface area (Å²) in [6.45, 7) is 5.43. The van der Waals surface area contributed by atoms with E-state index in [1.807, 2.05) is 12.1 Å². The molecule has 26 heavy (non-hydrogen) atoms. The number of anilines is 1. The predicted octanol–water partition coefficient (Wildman–Crippen LogP) is 2.38. The molecule has 2 saturated heterocycles. The third kappa shape index (κ3) is 3.20. The highest BCUT2D eigenvalue weighted by molar-refractivity contribution is 5.37. The van der Waals surface area contributed by atoms with Crippen LogP contribution in [-0.2, 0) is 6.54 Å². The highest BCUT2D eigenvalue weighted by Crippen LogP contribution is 2.40. The Kier molecular flexibility index (Phi) is 4.32. The normalized spacial score (nSPS) is 22.2. The molecule has 0 unspecified atom stereocenters. The van der Waals surface area contributed by atoms with Crippen LogP contribution in [0.5, 0.6) is 0 Å². The first-order valence-electron chi connectivity index (χ1n) is 10.1. The molecule has 7 nitrogen and oxygen atoms in total. The monoisotopic (exact) mass is 353 g/mol. The minimum atomic E-state index is 0.517. The van der Waals surface area contributed by atoms with Gasteiger partial charge in [-0.15, -0.1) is 15.3 Å². The van der Waals surface area contributed by atoms with Crippen LogP contribution < -0.4 is 4.90 Å². The summed E-state index contributed by atoms with van der Waals surface area (Å²) >= 11 is 0. The number of rotatable bonds is 5. The fourth-order valence-electron chi connectivity index (χ4n) is 4.42. The van der Waals surface area contributed by atoms with Gasteiger partial charge in [-0.2, -0.15) is 5.10 Å². The van der Waals surface area contributed by atoms with Crippen molar-refractivity contribution < 1.29 is 0 Å². The maximum Gasteiger partial charge on any atom is 0.151 e. The van der Waals surface area contributed by atoms with E-state index in [1.54, 1.807) is 6.20 Å². The smallest absolute Gasteiger partial charge is 0.151 e. The maximum atomic E-state index is 4.68. The van der Waals surface area contributed by atoms with Gasteiger partial charge in [0.15, 0.2) is 5.82 Å². The van der Waals surface area contributed by atoms with Gasteiger partial charge < -0.3 is 9.47 Å². The van der Waals surface area contributed by atoms with Crippen LogP contribution in [0.25, 0.3) is 0 Å². The van der Waals surface area contributed by atoms with Crippen LogP contribution in [0.4, 0.5) is 5.82 Å². The molecule has 138 valence electrons. The van der Waals surface area contributed by atoms with Crippen LogP contribution in [0.15, 0.2) is 18.3 Å². The molecule has 0 N–H and O–H groups in total. The average Bonchev–Trinajstić information content (AvgIpc) is 3.24. The van der Waals surface area contributed by atoms with Gasteiger partial charge in [0.25, 0.3) is 0 Å². The summed E-state index contributed by atoms with van der Waals surface area (Å²) in [5.74, 6) is 3.94. The van der Waals surface area contributed by atoms with Crippen molar-refractivity contribution in [2.24, 2.45) is 0 Å². The van der Waals surface area contributed by atoms with E-state index in [4.69, 9.17) is 0 Å². The van der Waals surface area contributed by atoms with E-state index in [0.29, 0.717) is 12.0 Å². The van der Waals surface area contributed by atoms with Crippen molar-refractivity contribution in [2.45, 2.75) is 57.0 Å². The van der Waals surface area contributed by atoms with E-state index in [1.165, 1.54) is 50.4 Å². The largest absolute Gasteiger partial charge is 0.355 e. The predicted molar refractivity (Wildman–Crippen MR) is 99.0 cm³/mol. The number of piperidine rings is 1. The van der Waals surface area contributed by atoms with Gasteiger partial charge in [-0.05, 0) is 63.7 Å². The Balaban J connectivity index is 1.30. The van der Waals surface area contributed by atoms with Gasteiger partial charge in [0, 0.05) is 31.2 Å². The molecule has 2 aromatic heterocycles. The Morgan fingerprint density at radius 1 is 0.923 bits per heavy atom. The number of aromatic nitrogens is 5. The van der Waals surface area contributed by atoms with Crippen LogP contribution in [0.1, 0.15) is 62.1 Å². The molecule has 7 heteroatoms. The second-order valence-corrected chi connectivity index (χ2v) is 7.90. The molecule has 3 aliphatic rings. The quantitative estimate of drug-likeness (QED) is 0.822. The number of hydrogen-bond acceptors (Lipinski definition) is 6. The molecular formula is C19H27N7. The molecule has 2 aliphatic heterocycles. The molecular weight excluding hydrogens is 326 g/mol. The molecule has 3 fully saturated rings. The minimum Gasteiger partial charge on any atom is -0.355 e. The Labute approximate surface area is 154 Å². The van der Waals surface area contributed by atoms with Crippen molar-refractivity contribution in [3.8, 4) is 0 Å². The first kappa shape index (κ1) is 16.2. The topological polar surface area (TPSA) is 63.0 Å². The molecule has 0 atom stereocenters. The van der Waals surface area contributed by atoms with Crippen LogP contribution in [0.3, 0.4) is 0 Å². The highest BCUT2D eigenvalue weighted by atomic mass is 15.3. The van der Waals surface area contributed by atoms with Crippen LogP contribution in [0.2, 0.25) is 0 Å². The van der Waals surface area contributed by atoms with E-state index in [-0.39, 0.29) is 0 Å². The summed E-state index contributed by atoms with van der Waals surface area (Å²) in [4.78, 5) is 4.87.